The zero-order valence-corrected chi connectivity index (χ0v) is 21.0. The monoisotopic (exact) mass is 491 g/mol. The summed E-state index contributed by atoms with van der Waals surface area (Å²) in [6, 6.07) is 28.7. The van der Waals surface area contributed by atoms with Crippen molar-refractivity contribution in [2.45, 2.75) is 20.3 Å². The highest BCUT2D eigenvalue weighted by atomic mass is 16.5. The number of hydrogen-bond acceptors (Lipinski definition) is 5. The van der Waals surface area contributed by atoms with E-state index < -0.39 is 11.9 Å². The average Bonchev–Trinajstić information content (AvgIpc) is 2.93. The summed E-state index contributed by atoms with van der Waals surface area (Å²) in [7, 11) is 0. The number of para-hydroxylation sites is 1. The fourth-order valence-corrected chi connectivity index (χ4v) is 4.24. The summed E-state index contributed by atoms with van der Waals surface area (Å²) in [5, 5.41) is 0.968. The summed E-state index contributed by atoms with van der Waals surface area (Å²) in [6.07, 6.45) is 3.72. The molecule has 4 rings (SSSR count). The van der Waals surface area contributed by atoms with Crippen molar-refractivity contribution in [2.75, 3.05) is 13.2 Å². The number of pyridine rings is 1. The molecule has 0 aliphatic heterocycles. The summed E-state index contributed by atoms with van der Waals surface area (Å²) in [6.45, 7) is 3.94. The van der Waals surface area contributed by atoms with Crippen molar-refractivity contribution in [2.24, 2.45) is 0 Å². The predicted octanol–water partition coefficient (Wildman–Crippen LogP) is 6.44. The maximum absolute atomic E-state index is 13.6. The van der Waals surface area contributed by atoms with Gasteiger partial charge in [-0.1, -0.05) is 84.9 Å². The lowest BCUT2D eigenvalue weighted by Crippen LogP contribution is -2.17. The van der Waals surface area contributed by atoms with Crippen LogP contribution in [0.4, 0.5) is 0 Å². The maximum atomic E-state index is 13.6. The minimum Gasteiger partial charge on any atom is -0.463 e. The third-order valence-corrected chi connectivity index (χ3v) is 5.84. The lowest BCUT2D eigenvalue weighted by molar-refractivity contribution is -0.138. The molecule has 186 valence electrons. The minimum absolute atomic E-state index is 0.203. The largest absolute Gasteiger partial charge is 0.463 e. The van der Waals surface area contributed by atoms with Gasteiger partial charge in [0.1, 0.15) is 0 Å². The van der Waals surface area contributed by atoms with Gasteiger partial charge in [0.05, 0.1) is 29.9 Å². The SMILES string of the molecule is CCOC(=O)C(=C\c1ccccc1)/C(=C(/Cc1cccc2cccnc12)C(=O)OCC)c1ccccc1. The molecule has 1 heterocycles. The molecule has 0 amide bonds. The third-order valence-electron chi connectivity index (χ3n) is 5.84. The molecule has 0 aliphatic carbocycles. The average molecular weight is 492 g/mol. The number of hydrogen-bond donors (Lipinski definition) is 0. The molecule has 0 bridgehead atoms. The molecule has 5 nitrogen and oxygen atoms in total. The summed E-state index contributed by atoms with van der Waals surface area (Å²) in [4.78, 5) is 31.5. The fourth-order valence-electron chi connectivity index (χ4n) is 4.24. The molecule has 1 aromatic heterocycles. The highest BCUT2D eigenvalue weighted by Gasteiger charge is 2.27. The van der Waals surface area contributed by atoms with Gasteiger partial charge in [0.2, 0.25) is 0 Å². The number of aromatic nitrogens is 1. The molecule has 0 atom stereocenters. The Morgan fingerprint density at radius 3 is 2.11 bits per heavy atom. The summed E-state index contributed by atoms with van der Waals surface area (Å²) >= 11 is 0. The smallest absolute Gasteiger partial charge is 0.338 e. The lowest BCUT2D eigenvalue weighted by atomic mass is 9.88. The first kappa shape index (κ1) is 25.6. The Kier molecular flexibility index (Phi) is 8.61. The van der Waals surface area contributed by atoms with Crippen LogP contribution in [0.25, 0.3) is 22.6 Å². The van der Waals surface area contributed by atoms with E-state index in [-0.39, 0.29) is 25.2 Å². The molecule has 0 spiro atoms. The molecule has 0 unspecified atom stereocenters. The molecular weight excluding hydrogens is 462 g/mol. The molecule has 4 aromatic rings. The number of nitrogens with zero attached hydrogens (tertiary/aromatic N) is 1. The normalized spacial score (nSPS) is 12.1. The highest BCUT2D eigenvalue weighted by Crippen LogP contribution is 2.33. The summed E-state index contributed by atoms with van der Waals surface area (Å²) in [5.74, 6) is -0.999. The standard InChI is InChI=1S/C32H29NO4/c1-3-36-31(34)27(21-23-13-7-5-8-14-23)29(24-15-9-6-10-16-24)28(32(35)37-4-2)22-26-18-11-17-25-19-12-20-33-30(25)26/h5-21H,3-4,22H2,1-2H3/b27-21-,29-28-. The second-order valence-corrected chi connectivity index (χ2v) is 8.30. The molecule has 0 fully saturated rings. The zero-order chi connectivity index (χ0) is 26.0. The van der Waals surface area contributed by atoms with E-state index in [1.807, 2.05) is 91.0 Å². The molecule has 37 heavy (non-hydrogen) atoms. The van der Waals surface area contributed by atoms with E-state index in [0.717, 1.165) is 22.0 Å². The van der Waals surface area contributed by atoms with Gasteiger partial charge in [-0.2, -0.15) is 0 Å². The van der Waals surface area contributed by atoms with Gasteiger partial charge in [0, 0.05) is 23.6 Å². The van der Waals surface area contributed by atoms with Crippen LogP contribution in [-0.4, -0.2) is 30.1 Å². The quantitative estimate of drug-likeness (QED) is 0.153. The minimum atomic E-state index is -0.511. The Hall–Kier alpha value is -4.51. The first-order valence-electron chi connectivity index (χ1n) is 12.3. The van der Waals surface area contributed by atoms with E-state index in [4.69, 9.17) is 9.47 Å². The van der Waals surface area contributed by atoms with Gasteiger partial charge in [0.25, 0.3) is 0 Å². The second kappa shape index (κ2) is 12.5. The Labute approximate surface area is 217 Å². The molecule has 0 saturated heterocycles. The van der Waals surface area contributed by atoms with Crippen LogP contribution >= 0.6 is 0 Å². The van der Waals surface area contributed by atoms with Gasteiger partial charge in [-0.05, 0) is 42.7 Å². The van der Waals surface area contributed by atoms with Crippen LogP contribution in [0.2, 0.25) is 0 Å². The first-order chi connectivity index (χ1) is 18.1. The van der Waals surface area contributed by atoms with Crippen LogP contribution in [0.3, 0.4) is 0 Å². The number of carbonyl (C=O) groups is 2. The number of esters is 2. The number of carbonyl (C=O) groups excluding carboxylic acids is 2. The van der Waals surface area contributed by atoms with Gasteiger partial charge in [-0.3, -0.25) is 4.98 Å². The Bertz CT molecular complexity index is 1430. The van der Waals surface area contributed by atoms with Crippen molar-refractivity contribution >= 4 is 34.5 Å². The number of ether oxygens (including phenoxy) is 2. The van der Waals surface area contributed by atoms with Crippen LogP contribution in [0.5, 0.6) is 0 Å². The van der Waals surface area contributed by atoms with Crippen molar-refractivity contribution in [3.05, 3.63) is 125 Å². The van der Waals surface area contributed by atoms with Crippen molar-refractivity contribution in [3.63, 3.8) is 0 Å². The maximum Gasteiger partial charge on any atom is 0.338 e. The molecule has 5 heteroatoms. The van der Waals surface area contributed by atoms with Crippen molar-refractivity contribution in [1.82, 2.24) is 4.98 Å². The Morgan fingerprint density at radius 1 is 0.757 bits per heavy atom. The van der Waals surface area contributed by atoms with Crippen LogP contribution in [0.15, 0.2) is 108 Å². The van der Waals surface area contributed by atoms with E-state index >= 15 is 0 Å². The predicted molar refractivity (Wildman–Crippen MR) is 146 cm³/mol. The van der Waals surface area contributed by atoms with Gasteiger partial charge in [-0.25, -0.2) is 9.59 Å². The molecule has 3 aromatic carbocycles. The third kappa shape index (κ3) is 6.19. The molecular formula is C32H29NO4. The van der Waals surface area contributed by atoms with Crippen LogP contribution in [-0.2, 0) is 25.5 Å². The van der Waals surface area contributed by atoms with E-state index in [2.05, 4.69) is 4.98 Å². The van der Waals surface area contributed by atoms with Crippen molar-refractivity contribution in [1.29, 1.82) is 0 Å². The number of rotatable bonds is 9. The Balaban J connectivity index is 2.02. The van der Waals surface area contributed by atoms with Gasteiger partial charge < -0.3 is 9.47 Å². The summed E-state index contributed by atoms with van der Waals surface area (Å²) < 4.78 is 11.0. The van der Waals surface area contributed by atoms with Gasteiger partial charge >= 0.3 is 11.9 Å². The molecule has 0 radical (unpaired) electrons. The zero-order valence-electron chi connectivity index (χ0n) is 21.0. The van der Waals surface area contributed by atoms with E-state index in [1.54, 1.807) is 26.1 Å². The van der Waals surface area contributed by atoms with Gasteiger partial charge in [-0.15, -0.1) is 0 Å². The molecule has 0 saturated carbocycles. The Morgan fingerprint density at radius 2 is 1.41 bits per heavy atom. The van der Waals surface area contributed by atoms with Crippen molar-refractivity contribution < 1.29 is 19.1 Å². The molecule has 0 aliphatic rings. The first-order valence-corrected chi connectivity index (χ1v) is 12.3. The van der Waals surface area contributed by atoms with E-state index in [0.29, 0.717) is 16.7 Å². The molecule has 0 N–H and O–H groups in total. The topological polar surface area (TPSA) is 65.5 Å². The van der Waals surface area contributed by atoms with Crippen LogP contribution in [0.1, 0.15) is 30.5 Å². The second-order valence-electron chi connectivity index (χ2n) is 8.30. The van der Waals surface area contributed by atoms with Crippen LogP contribution < -0.4 is 0 Å². The van der Waals surface area contributed by atoms with Crippen LogP contribution in [0, 0.1) is 0 Å². The van der Waals surface area contributed by atoms with E-state index in [1.165, 1.54) is 0 Å². The van der Waals surface area contributed by atoms with E-state index in [9.17, 15) is 9.59 Å². The summed E-state index contributed by atoms with van der Waals surface area (Å²) in [5.41, 5.74) is 4.32. The lowest BCUT2D eigenvalue weighted by Gasteiger charge is -2.18. The van der Waals surface area contributed by atoms with Crippen molar-refractivity contribution in [3.8, 4) is 0 Å². The number of benzene rings is 3. The van der Waals surface area contributed by atoms with Gasteiger partial charge in [0.15, 0.2) is 0 Å². The fraction of sp³-hybridized carbons (Fsp3) is 0.156. The number of fused-ring (bicyclic) bond motifs is 1. The highest BCUT2D eigenvalue weighted by molar-refractivity contribution is 6.16.